The Morgan fingerprint density at radius 3 is 2.25 bits per heavy atom. The minimum Gasteiger partial charge on any atom is -0.496 e. The van der Waals surface area contributed by atoms with Crippen LogP contribution in [-0.4, -0.2) is 26.1 Å². The molecule has 3 aromatic rings. The molecule has 1 aliphatic carbocycles. The average Bonchev–Trinajstić information content (AvgIpc) is 3.31. The molecule has 2 aromatic carbocycles. The summed E-state index contributed by atoms with van der Waals surface area (Å²) < 4.78 is 16.0. The second-order valence-electron chi connectivity index (χ2n) is 10.9. The van der Waals surface area contributed by atoms with E-state index >= 15 is 0 Å². The van der Waals surface area contributed by atoms with Gasteiger partial charge in [-0.05, 0) is 77.1 Å². The van der Waals surface area contributed by atoms with E-state index in [0.29, 0.717) is 17.9 Å². The van der Waals surface area contributed by atoms with Gasteiger partial charge in [0, 0.05) is 18.2 Å². The first-order valence-corrected chi connectivity index (χ1v) is 12.3. The molecule has 0 saturated heterocycles. The highest BCUT2D eigenvalue weighted by molar-refractivity contribution is 6.03. The minimum atomic E-state index is -0.509. The van der Waals surface area contributed by atoms with Crippen molar-refractivity contribution in [2.45, 2.75) is 64.7 Å². The number of methoxy groups -OCH3 is 2. The van der Waals surface area contributed by atoms with Crippen LogP contribution in [0, 0.1) is 6.92 Å². The van der Waals surface area contributed by atoms with Crippen molar-refractivity contribution in [2.75, 3.05) is 19.5 Å². The maximum absolute atomic E-state index is 12.8. The first-order chi connectivity index (χ1) is 16.9. The number of hydrogen-bond donors (Lipinski definition) is 1. The Hall–Kier alpha value is -3.54. The summed E-state index contributed by atoms with van der Waals surface area (Å²) in [4.78, 5) is 24.7. The number of ether oxygens (including phenoxy) is 2. The highest BCUT2D eigenvalue weighted by atomic mass is 16.5. The molecule has 0 fully saturated rings. The molecule has 1 amide bonds. The number of carbonyl (C=O) groups excluding carboxylic acids is 2. The van der Waals surface area contributed by atoms with E-state index in [4.69, 9.17) is 13.9 Å². The summed E-state index contributed by atoms with van der Waals surface area (Å²) in [5.41, 5.74) is 6.36. The number of carbonyl (C=O) groups is 2. The molecule has 1 N–H and O–H groups in total. The van der Waals surface area contributed by atoms with Gasteiger partial charge < -0.3 is 19.2 Å². The summed E-state index contributed by atoms with van der Waals surface area (Å²) in [6, 6.07) is 13.0. The SMILES string of the molecule is COC(=O)c1ccc(NC(=O)c2ccc(Cc3cc4c(cc3C)C(C)(C)CCC4(C)C)o2)cc1OC. The minimum absolute atomic E-state index is 0.131. The van der Waals surface area contributed by atoms with Crippen LogP contribution in [0.25, 0.3) is 0 Å². The molecule has 1 aromatic heterocycles. The van der Waals surface area contributed by atoms with Gasteiger partial charge in [-0.1, -0.05) is 39.8 Å². The van der Waals surface area contributed by atoms with Crippen molar-refractivity contribution in [3.05, 3.63) is 81.8 Å². The zero-order chi connectivity index (χ0) is 26.3. The van der Waals surface area contributed by atoms with E-state index in [2.05, 4.69) is 52.1 Å². The molecule has 0 bridgehead atoms. The summed E-state index contributed by atoms with van der Waals surface area (Å²) in [6.07, 6.45) is 2.95. The van der Waals surface area contributed by atoms with E-state index in [1.165, 1.54) is 42.9 Å². The van der Waals surface area contributed by atoms with Crippen molar-refractivity contribution in [3.63, 3.8) is 0 Å². The molecule has 190 valence electrons. The first-order valence-electron chi connectivity index (χ1n) is 12.3. The lowest BCUT2D eigenvalue weighted by Gasteiger charge is -2.42. The zero-order valence-corrected chi connectivity index (χ0v) is 22.2. The van der Waals surface area contributed by atoms with Crippen molar-refractivity contribution in [3.8, 4) is 5.75 Å². The van der Waals surface area contributed by atoms with Crippen molar-refractivity contribution >= 4 is 17.6 Å². The smallest absolute Gasteiger partial charge is 0.341 e. The van der Waals surface area contributed by atoms with E-state index in [1.807, 2.05) is 6.07 Å². The van der Waals surface area contributed by atoms with Crippen LogP contribution in [0.15, 0.2) is 46.9 Å². The lowest BCUT2D eigenvalue weighted by molar-refractivity contribution is 0.0597. The number of fused-ring (bicyclic) bond motifs is 1. The van der Waals surface area contributed by atoms with Gasteiger partial charge in [0.15, 0.2) is 5.76 Å². The molecule has 1 aliphatic rings. The number of nitrogens with one attached hydrogen (secondary N) is 1. The fraction of sp³-hybridized carbons (Fsp3) is 0.400. The van der Waals surface area contributed by atoms with E-state index < -0.39 is 5.97 Å². The summed E-state index contributed by atoms with van der Waals surface area (Å²) >= 11 is 0. The molecule has 0 unspecified atom stereocenters. The number of rotatable bonds is 6. The fourth-order valence-corrected chi connectivity index (χ4v) is 4.98. The average molecular weight is 490 g/mol. The molecule has 1 heterocycles. The monoisotopic (exact) mass is 489 g/mol. The van der Waals surface area contributed by atoms with Gasteiger partial charge in [-0.25, -0.2) is 4.79 Å². The fourth-order valence-electron chi connectivity index (χ4n) is 4.98. The van der Waals surface area contributed by atoms with Crippen molar-refractivity contribution in [1.82, 2.24) is 0 Å². The van der Waals surface area contributed by atoms with Crippen LogP contribution in [0.1, 0.15) is 89.5 Å². The van der Waals surface area contributed by atoms with Crippen LogP contribution in [0.5, 0.6) is 5.75 Å². The molecule has 0 saturated carbocycles. The topological polar surface area (TPSA) is 77.8 Å². The van der Waals surface area contributed by atoms with Crippen LogP contribution >= 0.6 is 0 Å². The van der Waals surface area contributed by atoms with Gasteiger partial charge in [-0.2, -0.15) is 0 Å². The Morgan fingerprint density at radius 1 is 0.944 bits per heavy atom. The van der Waals surface area contributed by atoms with Crippen molar-refractivity contribution in [2.24, 2.45) is 0 Å². The number of furan rings is 1. The van der Waals surface area contributed by atoms with Crippen LogP contribution in [0.4, 0.5) is 5.69 Å². The molecule has 0 radical (unpaired) electrons. The van der Waals surface area contributed by atoms with Gasteiger partial charge >= 0.3 is 5.97 Å². The molecule has 0 atom stereocenters. The van der Waals surface area contributed by atoms with Gasteiger partial charge in [0.2, 0.25) is 0 Å². The standard InChI is InChI=1S/C30H35NO5/c1-18-14-23-24(30(4,5)13-12-29(23,2)3)16-19(18)15-21-9-11-25(36-21)27(32)31-20-8-10-22(28(33)35-7)26(17-20)34-6/h8-11,14,16-17H,12-13,15H2,1-7H3,(H,31,32). The maximum Gasteiger partial charge on any atom is 0.341 e. The molecule has 4 rings (SSSR count). The molecule has 0 spiro atoms. The van der Waals surface area contributed by atoms with Gasteiger partial charge in [0.25, 0.3) is 5.91 Å². The van der Waals surface area contributed by atoms with Crippen LogP contribution in [-0.2, 0) is 22.0 Å². The third kappa shape index (κ3) is 4.90. The van der Waals surface area contributed by atoms with Gasteiger partial charge in [-0.15, -0.1) is 0 Å². The number of esters is 1. The normalized spacial score (nSPS) is 15.6. The Bertz CT molecular complexity index is 1310. The second kappa shape index (κ2) is 9.49. The number of hydrogen-bond acceptors (Lipinski definition) is 5. The highest BCUT2D eigenvalue weighted by Gasteiger charge is 2.37. The number of amides is 1. The molecule has 36 heavy (non-hydrogen) atoms. The molecular weight excluding hydrogens is 454 g/mol. The third-order valence-corrected chi connectivity index (χ3v) is 7.42. The zero-order valence-electron chi connectivity index (χ0n) is 22.2. The summed E-state index contributed by atoms with van der Waals surface area (Å²) in [5.74, 6) is 0.380. The van der Waals surface area contributed by atoms with E-state index in [-0.39, 0.29) is 28.1 Å². The van der Waals surface area contributed by atoms with E-state index in [0.717, 1.165) is 12.2 Å². The van der Waals surface area contributed by atoms with E-state index in [1.54, 1.807) is 24.3 Å². The number of aryl methyl sites for hydroxylation is 1. The van der Waals surface area contributed by atoms with Crippen LogP contribution in [0.3, 0.4) is 0 Å². The van der Waals surface area contributed by atoms with Gasteiger partial charge in [0.1, 0.15) is 17.1 Å². The Balaban J connectivity index is 1.53. The quantitative estimate of drug-likeness (QED) is 0.396. The number of anilines is 1. The largest absolute Gasteiger partial charge is 0.496 e. The lowest BCUT2D eigenvalue weighted by atomic mass is 9.62. The first kappa shape index (κ1) is 25.5. The molecule has 6 heteroatoms. The predicted molar refractivity (Wildman–Crippen MR) is 140 cm³/mol. The summed E-state index contributed by atoms with van der Waals surface area (Å²) in [6.45, 7) is 11.5. The predicted octanol–water partition coefficient (Wildman–Crippen LogP) is 6.58. The van der Waals surface area contributed by atoms with Crippen LogP contribution in [0.2, 0.25) is 0 Å². The highest BCUT2D eigenvalue weighted by Crippen LogP contribution is 2.46. The molecule has 6 nitrogen and oxygen atoms in total. The van der Waals surface area contributed by atoms with Crippen LogP contribution < -0.4 is 10.1 Å². The van der Waals surface area contributed by atoms with Crippen molar-refractivity contribution in [1.29, 1.82) is 0 Å². The maximum atomic E-state index is 12.8. The number of benzene rings is 2. The van der Waals surface area contributed by atoms with Gasteiger partial charge in [-0.3, -0.25) is 4.79 Å². The Morgan fingerprint density at radius 2 is 1.61 bits per heavy atom. The summed E-state index contributed by atoms with van der Waals surface area (Å²) in [7, 11) is 2.76. The van der Waals surface area contributed by atoms with E-state index in [9.17, 15) is 9.59 Å². The molecular formula is C30H35NO5. The molecule has 0 aliphatic heterocycles. The summed E-state index contributed by atoms with van der Waals surface area (Å²) in [5, 5.41) is 2.80. The van der Waals surface area contributed by atoms with Crippen molar-refractivity contribution < 1.29 is 23.5 Å². The Kier molecular flexibility index (Phi) is 6.74. The lowest BCUT2D eigenvalue weighted by Crippen LogP contribution is -2.34. The second-order valence-corrected chi connectivity index (χ2v) is 10.9. The Labute approximate surface area is 213 Å². The van der Waals surface area contributed by atoms with Gasteiger partial charge in [0.05, 0.1) is 14.2 Å². The third-order valence-electron chi connectivity index (χ3n) is 7.42.